The number of hydrogen-bond acceptors (Lipinski definition) is 2. The first-order valence-electron chi connectivity index (χ1n) is 3.81. The molecule has 0 N–H and O–H groups in total. The molecule has 1 nitrogen and oxygen atoms in total. The standard InChI is InChI=1S/C9H10BrClOS/c1-12-9-6(2-3-13)4-7(11)5-8(9)10/h4-5,13H,2-3H2,1H3. The van der Waals surface area contributed by atoms with E-state index in [0.29, 0.717) is 5.02 Å². The zero-order chi connectivity index (χ0) is 9.84. The van der Waals surface area contributed by atoms with Crippen LogP contribution in [-0.4, -0.2) is 12.9 Å². The van der Waals surface area contributed by atoms with E-state index in [-0.39, 0.29) is 0 Å². The molecule has 0 bridgehead atoms. The van der Waals surface area contributed by atoms with Gasteiger partial charge in [0, 0.05) is 5.02 Å². The van der Waals surface area contributed by atoms with Crippen molar-refractivity contribution in [3.05, 3.63) is 27.2 Å². The highest BCUT2D eigenvalue weighted by Gasteiger charge is 2.08. The van der Waals surface area contributed by atoms with Gasteiger partial charge < -0.3 is 4.74 Å². The number of thiol groups is 1. The lowest BCUT2D eigenvalue weighted by atomic mass is 10.1. The third-order valence-electron chi connectivity index (χ3n) is 1.67. The Morgan fingerprint density at radius 1 is 1.54 bits per heavy atom. The van der Waals surface area contributed by atoms with Crippen molar-refractivity contribution in [3.8, 4) is 5.75 Å². The first-order valence-corrected chi connectivity index (χ1v) is 5.62. The predicted molar refractivity (Wildman–Crippen MR) is 63.3 cm³/mol. The van der Waals surface area contributed by atoms with Gasteiger partial charge in [-0.05, 0) is 45.8 Å². The fraction of sp³-hybridized carbons (Fsp3) is 0.333. The van der Waals surface area contributed by atoms with Crippen molar-refractivity contribution >= 4 is 40.2 Å². The lowest BCUT2D eigenvalue weighted by Crippen LogP contribution is -1.94. The van der Waals surface area contributed by atoms with Gasteiger partial charge in [0.25, 0.3) is 0 Å². The first-order chi connectivity index (χ1) is 6.19. The Morgan fingerprint density at radius 3 is 2.77 bits per heavy atom. The molecule has 0 heterocycles. The summed E-state index contributed by atoms with van der Waals surface area (Å²) in [5.41, 5.74) is 1.08. The van der Waals surface area contributed by atoms with E-state index in [4.69, 9.17) is 16.3 Å². The van der Waals surface area contributed by atoms with Gasteiger partial charge in [-0.2, -0.15) is 12.6 Å². The van der Waals surface area contributed by atoms with Gasteiger partial charge in [0.15, 0.2) is 0 Å². The molecule has 0 fully saturated rings. The Morgan fingerprint density at radius 2 is 2.23 bits per heavy atom. The van der Waals surface area contributed by atoms with Gasteiger partial charge >= 0.3 is 0 Å². The van der Waals surface area contributed by atoms with Crippen molar-refractivity contribution in [2.24, 2.45) is 0 Å². The van der Waals surface area contributed by atoms with Crippen LogP contribution < -0.4 is 4.74 Å². The zero-order valence-electron chi connectivity index (χ0n) is 7.18. The van der Waals surface area contributed by atoms with Crippen LogP contribution in [0.25, 0.3) is 0 Å². The van der Waals surface area contributed by atoms with Gasteiger partial charge in [-0.15, -0.1) is 0 Å². The fourth-order valence-electron chi connectivity index (χ4n) is 1.15. The largest absolute Gasteiger partial charge is 0.495 e. The average molecular weight is 282 g/mol. The van der Waals surface area contributed by atoms with Gasteiger partial charge in [-0.1, -0.05) is 11.6 Å². The fourth-order valence-corrected chi connectivity index (χ4v) is 2.43. The summed E-state index contributed by atoms with van der Waals surface area (Å²) in [4.78, 5) is 0. The summed E-state index contributed by atoms with van der Waals surface area (Å²) in [5.74, 6) is 1.63. The minimum Gasteiger partial charge on any atom is -0.495 e. The summed E-state index contributed by atoms with van der Waals surface area (Å²) >= 11 is 13.5. The second-order valence-electron chi connectivity index (χ2n) is 2.55. The molecular weight excluding hydrogens is 272 g/mol. The van der Waals surface area contributed by atoms with Crippen LogP contribution in [0.4, 0.5) is 0 Å². The summed E-state index contributed by atoms with van der Waals surface area (Å²) in [6, 6.07) is 3.73. The average Bonchev–Trinajstić information content (AvgIpc) is 2.04. The molecule has 0 atom stereocenters. The van der Waals surface area contributed by atoms with Gasteiger partial charge in [0.05, 0.1) is 11.6 Å². The summed E-state index contributed by atoms with van der Waals surface area (Å²) in [6.45, 7) is 0. The van der Waals surface area contributed by atoms with Crippen LogP contribution in [0.3, 0.4) is 0 Å². The van der Waals surface area contributed by atoms with Crippen molar-refractivity contribution in [2.45, 2.75) is 6.42 Å². The maximum Gasteiger partial charge on any atom is 0.136 e. The quantitative estimate of drug-likeness (QED) is 0.833. The molecule has 0 aliphatic heterocycles. The first kappa shape index (κ1) is 11.2. The van der Waals surface area contributed by atoms with Crippen LogP contribution in [0.1, 0.15) is 5.56 Å². The normalized spacial score (nSPS) is 10.2. The van der Waals surface area contributed by atoms with Crippen molar-refractivity contribution in [1.29, 1.82) is 0 Å². The van der Waals surface area contributed by atoms with Crippen molar-refractivity contribution in [2.75, 3.05) is 12.9 Å². The molecule has 1 aromatic carbocycles. The maximum absolute atomic E-state index is 5.90. The summed E-state index contributed by atoms with van der Waals surface area (Å²) < 4.78 is 6.13. The van der Waals surface area contributed by atoms with Crippen LogP contribution in [-0.2, 0) is 6.42 Å². The Kier molecular flexibility index (Phi) is 4.42. The minimum atomic E-state index is 0.712. The summed E-state index contributed by atoms with van der Waals surface area (Å²) in [5, 5.41) is 0.712. The third-order valence-corrected chi connectivity index (χ3v) is 2.70. The van der Waals surface area contributed by atoms with E-state index in [1.54, 1.807) is 7.11 Å². The monoisotopic (exact) mass is 280 g/mol. The molecule has 0 spiro atoms. The van der Waals surface area contributed by atoms with Gasteiger partial charge in [0.2, 0.25) is 0 Å². The second-order valence-corrected chi connectivity index (χ2v) is 4.29. The molecule has 0 aliphatic carbocycles. The highest BCUT2D eigenvalue weighted by atomic mass is 79.9. The van der Waals surface area contributed by atoms with E-state index in [2.05, 4.69) is 28.6 Å². The molecule has 0 aliphatic rings. The van der Waals surface area contributed by atoms with E-state index >= 15 is 0 Å². The smallest absolute Gasteiger partial charge is 0.136 e. The van der Waals surface area contributed by atoms with E-state index < -0.39 is 0 Å². The number of benzene rings is 1. The Labute approximate surface area is 97.0 Å². The molecule has 1 rings (SSSR count). The number of aryl methyl sites for hydroxylation is 1. The predicted octanol–water partition coefficient (Wildman–Crippen LogP) is 3.58. The van der Waals surface area contributed by atoms with Gasteiger partial charge in [0.1, 0.15) is 5.75 Å². The number of hydrogen-bond donors (Lipinski definition) is 1. The molecule has 4 heteroatoms. The molecule has 0 unspecified atom stereocenters. The lowest BCUT2D eigenvalue weighted by Gasteiger charge is -2.09. The lowest BCUT2D eigenvalue weighted by molar-refractivity contribution is 0.407. The zero-order valence-corrected chi connectivity index (χ0v) is 10.4. The maximum atomic E-state index is 5.90. The third kappa shape index (κ3) is 2.79. The molecule has 0 amide bonds. The highest BCUT2D eigenvalue weighted by molar-refractivity contribution is 9.10. The molecule has 0 saturated heterocycles. The van der Waals surface area contributed by atoms with E-state index in [1.807, 2.05) is 12.1 Å². The van der Waals surface area contributed by atoms with Crippen molar-refractivity contribution in [3.63, 3.8) is 0 Å². The SMILES string of the molecule is COc1c(Br)cc(Cl)cc1CCS. The van der Waals surface area contributed by atoms with Crippen LogP contribution in [0.15, 0.2) is 16.6 Å². The number of ether oxygens (including phenoxy) is 1. The highest BCUT2D eigenvalue weighted by Crippen LogP contribution is 2.32. The summed E-state index contributed by atoms with van der Waals surface area (Å²) in [7, 11) is 1.65. The van der Waals surface area contributed by atoms with Crippen LogP contribution in [0, 0.1) is 0 Å². The topological polar surface area (TPSA) is 9.23 Å². The van der Waals surface area contributed by atoms with E-state index in [9.17, 15) is 0 Å². The molecule has 1 aromatic rings. The molecular formula is C9H10BrClOS. The Hall–Kier alpha value is 0.140. The second kappa shape index (κ2) is 5.13. The molecule has 0 aromatic heterocycles. The summed E-state index contributed by atoms with van der Waals surface area (Å²) in [6.07, 6.45) is 0.853. The van der Waals surface area contributed by atoms with Crippen LogP contribution in [0.5, 0.6) is 5.75 Å². The molecule has 0 saturated carbocycles. The number of rotatable bonds is 3. The van der Waals surface area contributed by atoms with Crippen molar-refractivity contribution < 1.29 is 4.74 Å². The van der Waals surface area contributed by atoms with Gasteiger partial charge in [-0.25, -0.2) is 0 Å². The van der Waals surface area contributed by atoms with Gasteiger partial charge in [-0.3, -0.25) is 0 Å². The Bertz CT molecular complexity index is 304. The van der Waals surface area contributed by atoms with Crippen LogP contribution in [0.2, 0.25) is 5.02 Å². The molecule has 0 radical (unpaired) electrons. The number of halogens is 2. The van der Waals surface area contributed by atoms with E-state index in [0.717, 1.165) is 28.0 Å². The minimum absolute atomic E-state index is 0.712. The molecule has 72 valence electrons. The Balaban J connectivity index is 3.13. The van der Waals surface area contributed by atoms with E-state index in [1.165, 1.54) is 0 Å². The van der Waals surface area contributed by atoms with Crippen LogP contribution >= 0.6 is 40.2 Å². The van der Waals surface area contributed by atoms with Crippen molar-refractivity contribution in [1.82, 2.24) is 0 Å². The number of methoxy groups -OCH3 is 1. The molecule has 13 heavy (non-hydrogen) atoms.